The molecule has 0 saturated heterocycles. The van der Waals surface area contributed by atoms with Gasteiger partial charge in [0.05, 0.1) is 36.9 Å². The Balaban J connectivity index is 2.55. The van der Waals surface area contributed by atoms with Crippen molar-refractivity contribution in [3.05, 3.63) is 39.1 Å². The van der Waals surface area contributed by atoms with Gasteiger partial charge in [0.15, 0.2) is 5.75 Å². The largest absolute Gasteiger partial charge is 0.493 e. The molecule has 1 heterocycles. The van der Waals surface area contributed by atoms with Crippen LogP contribution >= 0.6 is 0 Å². The van der Waals surface area contributed by atoms with Gasteiger partial charge in [0.1, 0.15) is 0 Å². The van der Waals surface area contributed by atoms with Crippen molar-refractivity contribution in [1.29, 1.82) is 0 Å². The number of nitrogens with zero attached hydrogens (tertiary/aromatic N) is 1. The Hall–Kier alpha value is -3.30. The first-order valence-electron chi connectivity index (χ1n) is 11.2. The molecular formula is C23H33N3O7. The highest BCUT2D eigenvalue weighted by atomic mass is 16.6. The van der Waals surface area contributed by atoms with Crippen LogP contribution in [-0.2, 0) is 9.53 Å². The van der Waals surface area contributed by atoms with E-state index in [9.17, 15) is 19.7 Å². The number of nitro benzene ring substituents is 1. The van der Waals surface area contributed by atoms with E-state index in [1.165, 1.54) is 13.2 Å². The van der Waals surface area contributed by atoms with Crippen LogP contribution < -0.4 is 20.1 Å². The summed E-state index contributed by atoms with van der Waals surface area (Å²) in [5.41, 5.74) is 0.603. The fourth-order valence-electron chi connectivity index (χ4n) is 3.64. The second-order valence-electron chi connectivity index (χ2n) is 7.97. The van der Waals surface area contributed by atoms with Crippen molar-refractivity contribution in [2.24, 2.45) is 5.92 Å². The van der Waals surface area contributed by atoms with Crippen LogP contribution in [0.4, 0.5) is 10.5 Å². The number of methoxy groups -OCH3 is 1. The van der Waals surface area contributed by atoms with Gasteiger partial charge in [-0.3, -0.25) is 10.1 Å². The smallest absolute Gasteiger partial charge is 0.338 e. The number of benzene rings is 1. The Morgan fingerprint density at radius 3 is 2.52 bits per heavy atom. The van der Waals surface area contributed by atoms with E-state index in [4.69, 9.17) is 14.2 Å². The summed E-state index contributed by atoms with van der Waals surface area (Å²) in [6.45, 7) is 7.88. The maximum atomic E-state index is 12.8. The fraction of sp³-hybridized carbons (Fsp3) is 0.565. The van der Waals surface area contributed by atoms with Gasteiger partial charge in [0, 0.05) is 11.8 Å². The van der Waals surface area contributed by atoms with Gasteiger partial charge < -0.3 is 24.8 Å². The van der Waals surface area contributed by atoms with Crippen molar-refractivity contribution in [3.8, 4) is 11.5 Å². The van der Waals surface area contributed by atoms with Crippen molar-refractivity contribution >= 4 is 17.7 Å². The third-order valence-corrected chi connectivity index (χ3v) is 5.23. The molecule has 1 atom stereocenters. The van der Waals surface area contributed by atoms with E-state index >= 15 is 0 Å². The van der Waals surface area contributed by atoms with E-state index in [0.29, 0.717) is 17.9 Å². The molecule has 182 valence electrons. The molecule has 0 aliphatic carbocycles. The first kappa shape index (κ1) is 26.0. The number of unbranched alkanes of at least 4 members (excludes halogenated alkanes) is 3. The fourth-order valence-corrected chi connectivity index (χ4v) is 3.64. The van der Waals surface area contributed by atoms with Gasteiger partial charge in [-0.25, -0.2) is 9.59 Å². The second kappa shape index (κ2) is 12.1. The highest BCUT2D eigenvalue weighted by Crippen LogP contribution is 2.42. The number of rotatable bonds is 12. The summed E-state index contributed by atoms with van der Waals surface area (Å²) in [5.74, 6) is -0.636. The van der Waals surface area contributed by atoms with E-state index in [1.54, 1.807) is 13.0 Å². The molecule has 10 heteroatoms. The van der Waals surface area contributed by atoms with Crippen LogP contribution in [0.5, 0.6) is 11.5 Å². The minimum absolute atomic E-state index is 0.0220. The molecule has 0 spiro atoms. The van der Waals surface area contributed by atoms with Crippen LogP contribution in [0.3, 0.4) is 0 Å². The van der Waals surface area contributed by atoms with Gasteiger partial charge in [-0.15, -0.1) is 0 Å². The number of ether oxygens (including phenoxy) is 3. The van der Waals surface area contributed by atoms with Crippen molar-refractivity contribution in [1.82, 2.24) is 10.6 Å². The number of hydrogen-bond donors (Lipinski definition) is 2. The molecule has 0 bridgehead atoms. The first-order chi connectivity index (χ1) is 15.7. The summed E-state index contributed by atoms with van der Waals surface area (Å²) < 4.78 is 16.3. The Labute approximate surface area is 193 Å². The molecule has 1 aliphatic heterocycles. The third kappa shape index (κ3) is 6.36. The van der Waals surface area contributed by atoms with Gasteiger partial charge in [-0.1, -0.05) is 40.0 Å². The van der Waals surface area contributed by atoms with Crippen molar-refractivity contribution in [2.45, 2.75) is 59.4 Å². The molecule has 1 aliphatic rings. The predicted octanol–water partition coefficient (Wildman–Crippen LogP) is 4.39. The number of esters is 1. The summed E-state index contributed by atoms with van der Waals surface area (Å²) >= 11 is 0. The predicted molar refractivity (Wildman–Crippen MR) is 122 cm³/mol. The van der Waals surface area contributed by atoms with Crippen molar-refractivity contribution in [3.63, 3.8) is 0 Å². The monoisotopic (exact) mass is 463 g/mol. The normalized spacial score (nSPS) is 15.7. The molecule has 0 aromatic heterocycles. The summed E-state index contributed by atoms with van der Waals surface area (Å²) in [5, 5.41) is 17.2. The van der Waals surface area contributed by atoms with Crippen LogP contribution in [0, 0.1) is 16.0 Å². The number of urea groups is 1. The number of nitrogens with one attached hydrogen (secondary N) is 2. The number of amides is 2. The lowest BCUT2D eigenvalue weighted by atomic mass is 9.91. The van der Waals surface area contributed by atoms with Crippen LogP contribution in [-0.4, -0.2) is 37.2 Å². The second-order valence-corrected chi connectivity index (χ2v) is 7.97. The molecule has 1 aromatic carbocycles. The van der Waals surface area contributed by atoms with Gasteiger partial charge in [0.2, 0.25) is 5.75 Å². The van der Waals surface area contributed by atoms with Crippen molar-refractivity contribution in [2.75, 3.05) is 20.3 Å². The Morgan fingerprint density at radius 1 is 1.21 bits per heavy atom. The zero-order valence-corrected chi connectivity index (χ0v) is 19.9. The Kier molecular flexibility index (Phi) is 9.50. The third-order valence-electron chi connectivity index (χ3n) is 5.23. The Morgan fingerprint density at radius 2 is 1.94 bits per heavy atom. The van der Waals surface area contributed by atoms with Gasteiger partial charge in [0.25, 0.3) is 0 Å². The first-order valence-corrected chi connectivity index (χ1v) is 11.2. The highest BCUT2D eigenvalue weighted by molar-refractivity contribution is 5.95. The van der Waals surface area contributed by atoms with Crippen LogP contribution in [0.15, 0.2) is 23.4 Å². The van der Waals surface area contributed by atoms with Gasteiger partial charge in [-0.05, 0) is 30.9 Å². The molecule has 2 amide bonds. The highest BCUT2D eigenvalue weighted by Gasteiger charge is 2.36. The zero-order chi connectivity index (χ0) is 24.5. The number of carbonyl (C=O) groups is 2. The maximum Gasteiger partial charge on any atom is 0.338 e. The molecule has 2 N–H and O–H groups in total. The number of allylic oxidation sites excluding steroid dienone is 1. The molecule has 2 rings (SSSR count). The lowest BCUT2D eigenvalue weighted by Crippen LogP contribution is -2.47. The topological polar surface area (TPSA) is 129 Å². The number of nitro groups is 1. The van der Waals surface area contributed by atoms with E-state index in [2.05, 4.69) is 17.6 Å². The van der Waals surface area contributed by atoms with E-state index in [-0.39, 0.29) is 35.3 Å². The van der Waals surface area contributed by atoms with Crippen LogP contribution in [0.2, 0.25) is 0 Å². The molecule has 1 unspecified atom stereocenters. The Bertz CT molecular complexity index is 912. The van der Waals surface area contributed by atoms with E-state index < -0.39 is 23.0 Å². The van der Waals surface area contributed by atoms with Crippen molar-refractivity contribution < 1.29 is 28.7 Å². The molecular weight excluding hydrogens is 430 g/mol. The van der Waals surface area contributed by atoms with Gasteiger partial charge >= 0.3 is 17.7 Å². The van der Waals surface area contributed by atoms with E-state index in [0.717, 1.165) is 25.7 Å². The molecule has 1 aromatic rings. The standard InChI is InChI=1S/C23H33N3O7/c1-6-8-9-10-11-33-21-16(26(29)30)12-15(13-17(21)31-5)20-18(22(27)32-7-2)19(14(3)4)24-23(28)25-20/h12-14,20H,6-11H2,1-5H3,(H2,24,25,28). The van der Waals surface area contributed by atoms with Crippen LogP contribution in [0.1, 0.15) is 65.0 Å². The average molecular weight is 464 g/mol. The van der Waals surface area contributed by atoms with E-state index in [1.807, 2.05) is 13.8 Å². The average Bonchev–Trinajstić information content (AvgIpc) is 2.77. The van der Waals surface area contributed by atoms with Gasteiger partial charge in [-0.2, -0.15) is 0 Å². The number of carbonyl (C=O) groups excluding carboxylic acids is 2. The SMILES string of the molecule is CCCCCCOc1c(OC)cc(C2NC(=O)NC(C(C)C)=C2C(=O)OCC)cc1[N+](=O)[O-]. The maximum absolute atomic E-state index is 12.8. The lowest BCUT2D eigenvalue weighted by Gasteiger charge is -2.31. The summed E-state index contributed by atoms with van der Waals surface area (Å²) in [6.07, 6.45) is 3.83. The molecule has 33 heavy (non-hydrogen) atoms. The summed E-state index contributed by atoms with van der Waals surface area (Å²) in [7, 11) is 1.38. The van der Waals surface area contributed by atoms with Crippen LogP contribution in [0.25, 0.3) is 0 Å². The molecule has 10 nitrogen and oxygen atoms in total. The summed E-state index contributed by atoms with van der Waals surface area (Å²) in [4.78, 5) is 36.5. The molecule has 0 saturated carbocycles. The molecule has 0 fully saturated rings. The zero-order valence-electron chi connectivity index (χ0n) is 19.9. The number of hydrogen-bond acceptors (Lipinski definition) is 7. The quantitative estimate of drug-likeness (QED) is 0.203. The summed E-state index contributed by atoms with van der Waals surface area (Å²) in [6, 6.07) is 1.37. The minimum Gasteiger partial charge on any atom is -0.493 e. The lowest BCUT2D eigenvalue weighted by molar-refractivity contribution is -0.386. The molecule has 0 radical (unpaired) electrons. The minimum atomic E-state index is -0.957.